The lowest BCUT2D eigenvalue weighted by Crippen LogP contribution is -2.10. The van der Waals surface area contributed by atoms with Crippen LogP contribution in [-0.4, -0.2) is 16.5 Å². The Bertz CT molecular complexity index is 550. The van der Waals surface area contributed by atoms with Crippen molar-refractivity contribution in [2.24, 2.45) is 0 Å². The number of nitrogen functional groups attached to an aromatic ring is 1. The van der Waals surface area contributed by atoms with Crippen LogP contribution in [-0.2, 0) is 0 Å². The second-order valence-electron chi connectivity index (χ2n) is 4.73. The van der Waals surface area contributed by atoms with Crippen LogP contribution in [0.1, 0.15) is 44.0 Å². The Labute approximate surface area is 126 Å². The molecule has 104 valence electrons. The van der Waals surface area contributed by atoms with E-state index < -0.39 is 0 Å². The standard InChI is InChI=1S/C12H17ClN4S2/c1-6(2)8-5-18-12(16-8)15-4-7(3)9-10(13)19-11(14)17-9/h5-7H,4H2,1-3H3,(H2,14,17)(H,15,16). The van der Waals surface area contributed by atoms with Gasteiger partial charge in [-0.25, -0.2) is 9.97 Å². The highest BCUT2D eigenvalue weighted by Crippen LogP contribution is 2.31. The van der Waals surface area contributed by atoms with E-state index in [1.807, 2.05) is 0 Å². The third kappa shape index (κ3) is 3.58. The van der Waals surface area contributed by atoms with Crippen LogP contribution in [0.4, 0.5) is 10.3 Å². The molecule has 0 radical (unpaired) electrons. The minimum atomic E-state index is 0.201. The van der Waals surface area contributed by atoms with Crippen molar-refractivity contribution in [2.75, 3.05) is 17.6 Å². The van der Waals surface area contributed by atoms with Crippen LogP contribution in [0.25, 0.3) is 0 Å². The van der Waals surface area contributed by atoms with E-state index in [0.717, 1.165) is 23.1 Å². The van der Waals surface area contributed by atoms with E-state index >= 15 is 0 Å². The summed E-state index contributed by atoms with van der Waals surface area (Å²) in [5.41, 5.74) is 7.63. The first-order valence-corrected chi connectivity index (χ1v) is 8.15. The maximum atomic E-state index is 6.10. The van der Waals surface area contributed by atoms with Gasteiger partial charge in [-0.05, 0) is 5.92 Å². The minimum Gasteiger partial charge on any atom is -0.375 e. The molecule has 0 saturated heterocycles. The fourth-order valence-corrected chi connectivity index (χ4v) is 3.63. The van der Waals surface area contributed by atoms with Gasteiger partial charge in [0, 0.05) is 17.8 Å². The highest BCUT2D eigenvalue weighted by atomic mass is 35.5. The van der Waals surface area contributed by atoms with Crippen molar-refractivity contribution in [3.8, 4) is 0 Å². The summed E-state index contributed by atoms with van der Waals surface area (Å²) in [4.78, 5) is 8.80. The zero-order valence-corrected chi connectivity index (χ0v) is 13.5. The molecule has 0 amide bonds. The van der Waals surface area contributed by atoms with Crippen LogP contribution in [0.15, 0.2) is 5.38 Å². The van der Waals surface area contributed by atoms with Crippen molar-refractivity contribution < 1.29 is 0 Å². The smallest absolute Gasteiger partial charge is 0.182 e. The molecule has 3 N–H and O–H groups in total. The van der Waals surface area contributed by atoms with Crippen LogP contribution < -0.4 is 11.1 Å². The largest absolute Gasteiger partial charge is 0.375 e. The molecule has 0 aliphatic heterocycles. The first-order chi connectivity index (χ1) is 8.97. The molecule has 2 heterocycles. The monoisotopic (exact) mass is 316 g/mol. The molecule has 1 atom stereocenters. The average Bonchev–Trinajstić information content (AvgIpc) is 2.93. The Morgan fingerprint density at radius 3 is 2.63 bits per heavy atom. The maximum absolute atomic E-state index is 6.10. The zero-order chi connectivity index (χ0) is 14.0. The predicted octanol–water partition coefficient (Wildman–Crippen LogP) is 4.17. The van der Waals surface area contributed by atoms with E-state index in [0.29, 0.717) is 15.4 Å². The van der Waals surface area contributed by atoms with Gasteiger partial charge in [-0.2, -0.15) is 0 Å². The van der Waals surface area contributed by atoms with Crippen LogP contribution >= 0.6 is 34.3 Å². The molecule has 0 fully saturated rings. The van der Waals surface area contributed by atoms with Gasteiger partial charge in [-0.15, -0.1) is 11.3 Å². The molecule has 0 aliphatic rings. The first-order valence-electron chi connectivity index (χ1n) is 6.08. The molecule has 7 heteroatoms. The lowest BCUT2D eigenvalue weighted by molar-refractivity contribution is 0.777. The van der Waals surface area contributed by atoms with Gasteiger partial charge >= 0.3 is 0 Å². The Hall–Kier alpha value is -0.850. The highest BCUT2D eigenvalue weighted by molar-refractivity contribution is 7.19. The third-order valence-corrected chi connectivity index (χ3v) is 4.70. The summed E-state index contributed by atoms with van der Waals surface area (Å²) in [7, 11) is 0. The van der Waals surface area contributed by atoms with Gasteiger partial charge in [0.15, 0.2) is 10.3 Å². The molecule has 2 aromatic rings. The molecule has 0 saturated carbocycles. The molecule has 4 nitrogen and oxygen atoms in total. The fourth-order valence-electron chi connectivity index (χ4n) is 1.60. The van der Waals surface area contributed by atoms with Gasteiger partial charge in [0.1, 0.15) is 4.34 Å². The lowest BCUT2D eigenvalue weighted by atomic mass is 10.1. The summed E-state index contributed by atoms with van der Waals surface area (Å²) in [5, 5.41) is 6.87. The molecule has 19 heavy (non-hydrogen) atoms. The predicted molar refractivity (Wildman–Crippen MR) is 84.6 cm³/mol. The first kappa shape index (κ1) is 14.6. The summed E-state index contributed by atoms with van der Waals surface area (Å²) in [6.45, 7) is 7.09. The summed E-state index contributed by atoms with van der Waals surface area (Å²) in [5.74, 6) is 0.657. The Morgan fingerprint density at radius 1 is 1.37 bits per heavy atom. The van der Waals surface area contributed by atoms with E-state index in [4.69, 9.17) is 17.3 Å². The van der Waals surface area contributed by atoms with E-state index in [2.05, 4.69) is 41.4 Å². The van der Waals surface area contributed by atoms with Gasteiger partial charge in [0.2, 0.25) is 0 Å². The van der Waals surface area contributed by atoms with Crippen molar-refractivity contribution >= 4 is 44.5 Å². The molecule has 0 aromatic carbocycles. The van der Waals surface area contributed by atoms with E-state index in [1.165, 1.54) is 11.3 Å². The van der Waals surface area contributed by atoms with Gasteiger partial charge in [0.25, 0.3) is 0 Å². The number of nitrogens with two attached hydrogens (primary N) is 1. The van der Waals surface area contributed by atoms with Crippen molar-refractivity contribution in [3.05, 3.63) is 21.1 Å². The summed E-state index contributed by atoms with van der Waals surface area (Å²) >= 11 is 9.05. The summed E-state index contributed by atoms with van der Waals surface area (Å²) < 4.78 is 0.675. The fraction of sp³-hybridized carbons (Fsp3) is 0.500. The number of nitrogens with one attached hydrogen (secondary N) is 1. The molecular weight excluding hydrogens is 300 g/mol. The topological polar surface area (TPSA) is 63.8 Å². The van der Waals surface area contributed by atoms with Crippen molar-refractivity contribution in [1.82, 2.24) is 9.97 Å². The number of rotatable bonds is 5. The average molecular weight is 317 g/mol. The molecule has 1 unspecified atom stereocenters. The Balaban J connectivity index is 1.96. The van der Waals surface area contributed by atoms with Gasteiger partial charge in [-0.3, -0.25) is 0 Å². The summed E-state index contributed by atoms with van der Waals surface area (Å²) in [6, 6.07) is 0. The van der Waals surface area contributed by atoms with Gasteiger partial charge in [0.05, 0.1) is 11.4 Å². The molecule has 0 bridgehead atoms. The van der Waals surface area contributed by atoms with E-state index in [1.54, 1.807) is 11.3 Å². The molecule has 0 aliphatic carbocycles. The van der Waals surface area contributed by atoms with Crippen LogP contribution in [0.3, 0.4) is 0 Å². The highest BCUT2D eigenvalue weighted by Gasteiger charge is 2.15. The number of hydrogen-bond acceptors (Lipinski definition) is 6. The zero-order valence-electron chi connectivity index (χ0n) is 11.1. The number of anilines is 2. The number of thiazole rings is 2. The van der Waals surface area contributed by atoms with Gasteiger partial charge in [-0.1, -0.05) is 43.7 Å². The Kier molecular flexibility index (Phi) is 4.65. The molecule has 0 spiro atoms. The minimum absolute atomic E-state index is 0.201. The van der Waals surface area contributed by atoms with Crippen molar-refractivity contribution in [2.45, 2.75) is 32.6 Å². The second-order valence-corrected chi connectivity index (χ2v) is 7.22. The lowest BCUT2D eigenvalue weighted by Gasteiger charge is -2.09. The number of hydrogen-bond donors (Lipinski definition) is 2. The van der Waals surface area contributed by atoms with E-state index in [-0.39, 0.29) is 5.92 Å². The van der Waals surface area contributed by atoms with E-state index in [9.17, 15) is 0 Å². The SMILES string of the molecule is CC(C)c1csc(NCC(C)c2nc(N)sc2Cl)n1. The van der Waals surface area contributed by atoms with Crippen LogP contribution in [0.2, 0.25) is 4.34 Å². The molecular formula is C12H17ClN4S2. The number of aromatic nitrogens is 2. The van der Waals surface area contributed by atoms with Crippen molar-refractivity contribution in [3.63, 3.8) is 0 Å². The summed E-state index contributed by atoms with van der Waals surface area (Å²) in [6.07, 6.45) is 0. The van der Waals surface area contributed by atoms with Crippen LogP contribution in [0.5, 0.6) is 0 Å². The third-order valence-electron chi connectivity index (χ3n) is 2.77. The molecule has 2 rings (SSSR count). The maximum Gasteiger partial charge on any atom is 0.182 e. The van der Waals surface area contributed by atoms with Crippen LogP contribution in [0, 0.1) is 0 Å². The second kappa shape index (κ2) is 6.07. The normalized spacial score (nSPS) is 12.9. The number of nitrogens with zero attached hydrogens (tertiary/aromatic N) is 2. The molecule has 2 aromatic heterocycles. The van der Waals surface area contributed by atoms with Crippen molar-refractivity contribution in [1.29, 1.82) is 0 Å². The quantitative estimate of drug-likeness (QED) is 0.868. The Morgan fingerprint density at radius 2 is 2.11 bits per heavy atom. The number of halogens is 1. The van der Waals surface area contributed by atoms with Gasteiger partial charge < -0.3 is 11.1 Å².